The van der Waals surface area contributed by atoms with Crippen molar-refractivity contribution in [2.45, 2.75) is 33.2 Å². The molecular weight excluding hydrogens is 764 g/mol. The smallest absolute Gasteiger partial charge is 0.145 e. The van der Waals surface area contributed by atoms with Crippen LogP contribution in [0, 0.1) is 19.1 Å². The van der Waals surface area contributed by atoms with E-state index in [1.165, 1.54) is 11.1 Å². The van der Waals surface area contributed by atoms with Crippen LogP contribution in [0.3, 0.4) is 0 Å². The van der Waals surface area contributed by atoms with Gasteiger partial charge in [0.1, 0.15) is 22.7 Å². The van der Waals surface area contributed by atoms with Gasteiger partial charge in [0.25, 0.3) is 0 Å². The van der Waals surface area contributed by atoms with Crippen molar-refractivity contribution in [1.82, 2.24) is 9.55 Å². The predicted molar refractivity (Wildman–Crippen MR) is 186 cm³/mol. The van der Waals surface area contributed by atoms with E-state index in [4.69, 9.17) is 14.7 Å². The number of benzene rings is 5. The first-order valence-corrected chi connectivity index (χ1v) is 15.4. The van der Waals surface area contributed by atoms with Crippen LogP contribution < -0.4 is 14.9 Å². The molecule has 7 heteroatoms. The molecule has 0 amide bonds. The first kappa shape index (κ1) is 30.7. The van der Waals surface area contributed by atoms with E-state index >= 15 is 0 Å². The van der Waals surface area contributed by atoms with E-state index in [-0.39, 0.29) is 26.6 Å². The van der Waals surface area contributed by atoms with Crippen molar-refractivity contribution in [3.63, 3.8) is 0 Å². The SMILES string of the molecule is Cc1ccccc1-c1ccnc(-n2c3[c-]c(Oc4[c-]c(N5[OH+]N(C(C)(C)C)c6ccccc65)ccc4)ccc3c3ccccc32)c1.[Pt]. The maximum absolute atomic E-state index is 6.44. The second-order valence-corrected chi connectivity index (χ2v) is 12.5. The molecule has 1 aliphatic rings. The number of fused-ring (bicyclic) bond motifs is 4. The van der Waals surface area contributed by atoms with Crippen LogP contribution in [0.2, 0.25) is 0 Å². The standard InChI is InChI=1S/C40H32N4O2.Pt/c1-27-12-5-6-15-32(27)28-22-23-41-39(24-28)42-35-17-8-7-16-33(35)34-21-20-31(26-38(34)42)45-30-14-11-13-29(25-30)43-36-18-9-10-19-37(36)44(46-43)40(2,3)4;/h5-24H,1-4H3;/q-2;/p+1. The number of hydroxylamine groups is 1. The summed E-state index contributed by atoms with van der Waals surface area (Å²) in [6.07, 6.45) is 1.88. The van der Waals surface area contributed by atoms with Gasteiger partial charge >= 0.3 is 0 Å². The summed E-state index contributed by atoms with van der Waals surface area (Å²) < 4.78 is 8.60. The first-order valence-electron chi connectivity index (χ1n) is 15.4. The molecule has 6 nitrogen and oxygen atoms in total. The maximum Gasteiger partial charge on any atom is 0.145 e. The first-order chi connectivity index (χ1) is 22.3. The Bertz CT molecular complexity index is 2250. The fourth-order valence-corrected chi connectivity index (χ4v) is 6.20. The Kier molecular flexibility index (Phi) is 7.87. The molecule has 0 saturated carbocycles. The van der Waals surface area contributed by atoms with Gasteiger partial charge in [0, 0.05) is 50.0 Å². The number of anilines is 3. The van der Waals surface area contributed by atoms with Gasteiger partial charge in [0.05, 0.1) is 0 Å². The average Bonchev–Trinajstić information content (AvgIpc) is 3.62. The predicted octanol–water partition coefficient (Wildman–Crippen LogP) is 10.1. The molecule has 5 aromatic carbocycles. The average molecular weight is 797 g/mol. The zero-order valence-corrected chi connectivity index (χ0v) is 28.8. The number of aromatic nitrogens is 2. The van der Waals surface area contributed by atoms with E-state index in [0.29, 0.717) is 11.5 Å². The third-order valence-electron chi connectivity index (χ3n) is 8.34. The zero-order valence-electron chi connectivity index (χ0n) is 26.5. The van der Waals surface area contributed by atoms with Crippen LogP contribution in [0.25, 0.3) is 38.8 Å². The quantitative estimate of drug-likeness (QED) is 0.129. The number of hydrogen-bond acceptors (Lipinski definition) is 4. The Morgan fingerprint density at radius 2 is 1.47 bits per heavy atom. The molecule has 236 valence electrons. The molecule has 0 fully saturated rings. The molecule has 0 saturated heterocycles. The summed E-state index contributed by atoms with van der Waals surface area (Å²) in [5, 5.41) is 6.19. The van der Waals surface area contributed by atoms with Crippen LogP contribution >= 0.6 is 0 Å². The number of para-hydroxylation sites is 3. The van der Waals surface area contributed by atoms with E-state index in [2.05, 4.69) is 123 Å². The number of hydrogen-bond donors (Lipinski definition) is 0. The normalized spacial score (nSPS) is 12.8. The van der Waals surface area contributed by atoms with Crippen LogP contribution in [0.15, 0.2) is 121 Å². The Hall–Kier alpha value is -4.90. The van der Waals surface area contributed by atoms with Crippen molar-refractivity contribution in [2.75, 3.05) is 10.1 Å². The van der Waals surface area contributed by atoms with E-state index in [9.17, 15) is 0 Å². The summed E-state index contributed by atoms with van der Waals surface area (Å²) in [7, 11) is 0. The fraction of sp³-hybridized carbons (Fsp3) is 0.125. The molecule has 0 aliphatic carbocycles. The van der Waals surface area contributed by atoms with Gasteiger partial charge in [-0.3, -0.25) is 0 Å². The topological polar surface area (TPSA) is 46.3 Å². The van der Waals surface area contributed by atoms with Crippen LogP contribution in [0.5, 0.6) is 11.5 Å². The number of pyridine rings is 1. The minimum absolute atomic E-state index is 0. The summed E-state index contributed by atoms with van der Waals surface area (Å²) in [5.41, 5.74) is 8.16. The van der Waals surface area contributed by atoms with Crippen LogP contribution in [0.4, 0.5) is 17.1 Å². The largest absolute Gasteiger partial charge is 0.509 e. The van der Waals surface area contributed by atoms with E-state index in [0.717, 1.165) is 50.2 Å². The Balaban J connectivity index is 0.00000351. The molecular formula is C40H33N4O2Pt-. The van der Waals surface area contributed by atoms with Gasteiger partial charge in [0.15, 0.2) is 0 Å². The van der Waals surface area contributed by atoms with Crippen molar-refractivity contribution in [2.24, 2.45) is 0 Å². The third-order valence-corrected chi connectivity index (χ3v) is 8.34. The second-order valence-electron chi connectivity index (χ2n) is 12.5. The zero-order chi connectivity index (χ0) is 31.4. The summed E-state index contributed by atoms with van der Waals surface area (Å²) in [6, 6.07) is 46.2. The molecule has 8 rings (SSSR count). The number of nitrogens with zero attached hydrogens (tertiary/aromatic N) is 4. The molecule has 0 radical (unpaired) electrons. The molecule has 0 spiro atoms. The Morgan fingerprint density at radius 3 is 2.30 bits per heavy atom. The number of aryl methyl sites for hydroxylation is 1. The van der Waals surface area contributed by atoms with Gasteiger partial charge in [0.2, 0.25) is 0 Å². The summed E-state index contributed by atoms with van der Waals surface area (Å²) >= 11 is 0. The van der Waals surface area contributed by atoms with Crippen molar-refractivity contribution in [3.05, 3.63) is 139 Å². The van der Waals surface area contributed by atoms with Gasteiger partial charge in [-0.15, -0.1) is 45.8 Å². The second kappa shape index (κ2) is 12.0. The molecule has 2 aromatic heterocycles. The van der Waals surface area contributed by atoms with E-state index in [1.807, 2.05) is 52.7 Å². The minimum Gasteiger partial charge on any atom is -0.509 e. The Labute approximate surface area is 289 Å². The minimum atomic E-state index is -0.184. The van der Waals surface area contributed by atoms with Crippen molar-refractivity contribution >= 4 is 38.9 Å². The molecule has 0 atom stereocenters. The van der Waals surface area contributed by atoms with Gasteiger partial charge in [-0.1, -0.05) is 60.1 Å². The monoisotopic (exact) mass is 796 g/mol. The summed E-state index contributed by atoms with van der Waals surface area (Å²) in [6.45, 7) is 8.59. The molecule has 1 N–H and O–H groups in total. The van der Waals surface area contributed by atoms with E-state index in [1.54, 1.807) is 0 Å². The van der Waals surface area contributed by atoms with Gasteiger partial charge in [-0.05, 0) is 80.1 Å². The number of ether oxygens (including phenoxy) is 1. The van der Waals surface area contributed by atoms with Gasteiger partial charge in [-0.2, -0.15) is 17.1 Å². The van der Waals surface area contributed by atoms with Gasteiger partial charge in [-0.25, -0.2) is 4.98 Å². The molecule has 0 unspecified atom stereocenters. The maximum atomic E-state index is 6.44. The molecule has 7 aromatic rings. The van der Waals surface area contributed by atoms with E-state index < -0.39 is 0 Å². The fourth-order valence-electron chi connectivity index (χ4n) is 6.20. The third kappa shape index (κ3) is 5.48. The van der Waals surface area contributed by atoms with Crippen LogP contribution in [-0.4, -0.2) is 20.0 Å². The van der Waals surface area contributed by atoms with Crippen molar-refractivity contribution in [1.29, 1.82) is 0 Å². The summed E-state index contributed by atoms with van der Waals surface area (Å²) in [4.78, 5) is 9.78. The van der Waals surface area contributed by atoms with Gasteiger partial charge < -0.3 is 9.30 Å². The number of rotatable bonds is 5. The van der Waals surface area contributed by atoms with Crippen LogP contribution in [0.1, 0.15) is 26.3 Å². The molecule has 0 bridgehead atoms. The Morgan fingerprint density at radius 1 is 0.723 bits per heavy atom. The molecule has 47 heavy (non-hydrogen) atoms. The van der Waals surface area contributed by atoms with Crippen molar-refractivity contribution < 1.29 is 30.7 Å². The molecule has 3 heterocycles. The summed E-state index contributed by atoms with van der Waals surface area (Å²) in [5.74, 6) is 2.00. The van der Waals surface area contributed by atoms with Crippen molar-refractivity contribution in [3.8, 4) is 28.4 Å². The molecule has 1 aliphatic heterocycles. The van der Waals surface area contributed by atoms with Crippen LogP contribution in [-0.2, 0) is 21.1 Å².